The van der Waals surface area contributed by atoms with E-state index in [1.807, 2.05) is 6.92 Å². The van der Waals surface area contributed by atoms with Crippen LogP contribution in [0.2, 0.25) is 0 Å². The SMILES string of the molecule is CCCCCCCCCCCC(C)O[P+](=O)O. The summed E-state index contributed by atoms with van der Waals surface area (Å²) in [5.74, 6) is 0. The Morgan fingerprint density at radius 3 is 1.94 bits per heavy atom. The molecule has 0 aromatic rings. The topological polar surface area (TPSA) is 46.5 Å². The standard InChI is InChI=1S/C13H27O3P/c1-3-4-5-6-7-8-9-10-11-12-13(2)16-17(14)15/h13H,3-12H2,1-2H3/p+1. The van der Waals surface area contributed by atoms with Gasteiger partial charge in [-0.1, -0.05) is 64.7 Å². The normalized spacial score (nSPS) is 13.7. The van der Waals surface area contributed by atoms with Crippen molar-refractivity contribution in [2.24, 2.45) is 0 Å². The fourth-order valence-corrected chi connectivity index (χ4v) is 2.36. The van der Waals surface area contributed by atoms with Gasteiger partial charge in [0.1, 0.15) is 6.10 Å². The molecule has 2 unspecified atom stereocenters. The van der Waals surface area contributed by atoms with E-state index < -0.39 is 8.25 Å². The van der Waals surface area contributed by atoms with Crippen LogP contribution in [0.4, 0.5) is 0 Å². The summed E-state index contributed by atoms with van der Waals surface area (Å²) in [5, 5.41) is 0. The molecule has 4 heteroatoms. The van der Waals surface area contributed by atoms with E-state index in [2.05, 4.69) is 6.92 Å². The minimum Gasteiger partial charge on any atom is -0.133 e. The van der Waals surface area contributed by atoms with Crippen molar-refractivity contribution in [1.29, 1.82) is 0 Å². The molecule has 0 aromatic carbocycles. The van der Waals surface area contributed by atoms with E-state index >= 15 is 0 Å². The first-order valence-electron chi connectivity index (χ1n) is 6.99. The highest BCUT2D eigenvalue weighted by atomic mass is 31.1. The largest absolute Gasteiger partial charge is 0.694 e. The predicted molar refractivity (Wildman–Crippen MR) is 72.2 cm³/mol. The van der Waals surface area contributed by atoms with Gasteiger partial charge in [-0.2, -0.15) is 0 Å². The summed E-state index contributed by atoms with van der Waals surface area (Å²) in [7, 11) is -2.43. The van der Waals surface area contributed by atoms with Crippen molar-refractivity contribution in [2.75, 3.05) is 0 Å². The monoisotopic (exact) mass is 263 g/mol. The van der Waals surface area contributed by atoms with E-state index in [0.717, 1.165) is 12.8 Å². The second-order valence-electron chi connectivity index (χ2n) is 4.77. The van der Waals surface area contributed by atoms with Gasteiger partial charge < -0.3 is 0 Å². The van der Waals surface area contributed by atoms with Crippen LogP contribution in [-0.4, -0.2) is 11.0 Å². The molecule has 0 aliphatic carbocycles. The Balaban J connectivity index is 3.10. The summed E-state index contributed by atoms with van der Waals surface area (Å²) in [6.07, 6.45) is 12.5. The van der Waals surface area contributed by atoms with Gasteiger partial charge in [-0.05, 0) is 13.3 Å². The molecule has 0 rings (SSSR count). The van der Waals surface area contributed by atoms with Crippen molar-refractivity contribution in [2.45, 2.75) is 84.2 Å². The van der Waals surface area contributed by atoms with Gasteiger partial charge in [0.15, 0.2) is 0 Å². The highest BCUT2D eigenvalue weighted by Crippen LogP contribution is 2.21. The molecule has 0 aliphatic rings. The summed E-state index contributed by atoms with van der Waals surface area (Å²) in [6.45, 7) is 4.09. The van der Waals surface area contributed by atoms with Gasteiger partial charge in [0, 0.05) is 4.57 Å². The van der Waals surface area contributed by atoms with Crippen LogP contribution in [0.15, 0.2) is 0 Å². The first-order chi connectivity index (χ1) is 8.16. The Labute approximate surface area is 107 Å². The molecule has 2 atom stereocenters. The molecular weight excluding hydrogens is 235 g/mol. The zero-order chi connectivity index (χ0) is 12.9. The molecule has 0 aliphatic heterocycles. The Hall–Kier alpha value is 0.0200. The minimum atomic E-state index is -2.43. The minimum absolute atomic E-state index is 0.0897. The summed E-state index contributed by atoms with van der Waals surface area (Å²) in [4.78, 5) is 8.55. The van der Waals surface area contributed by atoms with Crippen molar-refractivity contribution >= 4 is 8.25 Å². The van der Waals surface area contributed by atoms with Crippen molar-refractivity contribution in [3.8, 4) is 0 Å². The van der Waals surface area contributed by atoms with Gasteiger partial charge in [-0.3, -0.25) is 0 Å². The Kier molecular flexibility index (Phi) is 12.5. The van der Waals surface area contributed by atoms with Crippen LogP contribution in [0, 0.1) is 0 Å². The van der Waals surface area contributed by atoms with E-state index in [9.17, 15) is 4.57 Å². The lowest BCUT2D eigenvalue weighted by Crippen LogP contribution is -2.02. The lowest BCUT2D eigenvalue weighted by molar-refractivity contribution is 0.192. The van der Waals surface area contributed by atoms with Crippen molar-refractivity contribution < 1.29 is 14.0 Å². The third-order valence-electron chi connectivity index (χ3n) is 2.98. The molecule has 0 spiro atoms. The molecule has 0 radical (unpaired) electrons. The maximum absolute atomic E-state index is 10.4. The third kappa shape index (κ3) is 14.0. The summed E-state index contributed by atoms with van der Waals surface area (Å²) in [5.41, 5.74) is 0. The summed E-state index contributed by atoms with van der Waals surface area (Å²) in [6, 6.07) is 0. The maximum atomic E-state index is 10.4. The first kappa shape index (κ1) is 17.0. The molecule has 1 N–H and O–H groups in total. The van der Waals surface area contributed by atoms with Crippen LogP contribution in [0.5, 0.6) is 0 Å². The Bertz CT molecular complexity index is 186. The van der Waals surface area contributed by atoms with Gasteiger partial charge in [0.2, 0.25) is 0 Å². The van der Waals surface area contributed by atoms with Crippen LogP contribution >= 0.6 is 8.25 Å². The van der Waals surface area contributed by atoms with E-state index in [1.165, 1.54) is 51.4 Å². The van der Waals surface area contributed by atoms with Crippen LogP contribution < -0.4 is 0 Å². The molecule has 0 aromatic heterocycles. The van der Waals surface area contributed by atoms with Gasteiger partial charge in [0.05, 0.1) is 0 Å². The fraction of sp³-hybridized carbons (Fsp3) is 1.00. The number of hydrogen-bond donors (Lipinski definition) is 1. The average molecular weight is 263 g/mol. The van der Waals surface area contributed by atoms with Crippen LogP contribution in [0.25, 0.3) is 0 Å². The fourth-order valence-electron chi connectivity index (χ4n) is 1.95. The molecule has 17 heavy (non-hydrogen) atoms. The molecule has 0 fully saturated rings. The average Bonchev–Trinajstić information content (AvgIpc) is 2.26. The van der Waals surface area contributed by atoms with Crippen molar-refractivity contribution in [3.63, 3.8) is 0 Å². The molecule has 0 saturated carbocycles. The highest BCUT2D eigenvalue weighted by Gasteiger charge is 2.17. The molecule has 102 valence electrons. The third-order valence-corrected chi connectivity index (χ3v) is 3.52. The first-order valence-corrected chi connectivity index (χ1v) is 8.12. The predicted octanol–water partition coefficient (Wildman–Crippen LogP) is 4.96. The van der Waals surface area contributed by atoms with Gasteiger partial charge in [0.25, 0.3) is 0 Å². The second-order valence-corrected chi connectivity index (χ2v) is 5.46. The Morgan fingerprint density at radius 1 is 1.00 bits per heavy atom. The van der Waals surface area contributed by atoms with Crippen LogP contribution in [0.3, 0.4) is 0 Å². The smallest absolute Gasteiger partial charge is 0.133 e. The lowest BCUT2D eigenvalue weighted by Gasteiger charge is -2.04. The van der Waals surface area contributed by atoms with E-state index in [4.69, 9.17) is 9.42 Å². The summed E-state index contributed by atoms with van der Waals surface area (Å²) < 4.78 is 15.2. The number of unbranched alkanes of at least 4 members (excludes halogenated alkanes) is 8. The molecular formula is C13H28O3P+. The molecule has 0 heterocycles. The van der Waals surface area contributed by atoms with Gasteiger partial charge in [-0.25, -0.2) is 0 Å². The Morgan fingerprint density at radius 2 is 1.47 bits per heavy atom. The van der Waals surface area contributed by atoms with Crippen molar-refractivity contribution in [1.82, 2.24) is 0 Å². The number of rotatable bonds is 12. The lowest BCUT2D eigenvalue weighted by atomic mass is 10.1. The molecule has 0 saturated heterocycles. The second kappa shape index (κ2) is 12.5. The van der Waals surface area contributed by atoms with Crippen LogP contribution in [-0.2, 0) is 9.09 Å². The zero-order valence-electron chi connectivity index (χ0n) is 11.4. The van der Waals surface area contributed by atoms with E-state index in [1.54, 1.807) is 0 Å². The van der Waals surface area contributed by atoms with Crippen LogP contribution in [0.1, 0.15) is 78.1 Å². The number of hydrogen-bond acceptors (Lipinski definition) is 2. The molecule has 0 bridgehead atoms. The zero-order valence-corrected chi connectivity index (χ0v) is 12.3. The van der Waals surface area contributed by atoms with Crippen molar-refractivity contribution in [3.05, 3.63) is 0 Å². The highest BCUT2D eigenvalue weighted by molar-refractivity contribution is 7.32. The van der Waals surface area contributed by atoms with Gasteiger partial charge >= 0.3 is 8.25 Å². The summed E-state index contributed by atoms with van der Waals surface area (Å²) >= 11 is 0. The quantitative estimate of drug-likeness (QED) is 0.400. The van der Waals surface area contributed by atoms with E-state index in [0.29, 0.717) is 0 Å². The van der Waals surface area contributed by atoms with E-state index in [-0.39, 0.29) is 6.10 Å². The molecule has 3 nitrogen and oxygen atoms in total. The van der Waals surface area contributed by atoms with Gasteiger partial charge in [-0.15, -0.1) is 9.42 Å². The molecule has 0 amide bonds. The maximum Gasteiger partial charge on any atom is 0.694 e.